The number of rotatable bonds is 4. The van der Waals surface area contributed by atoms with Gasteiger partial charge in [-0.15, -0.1) is 0 Å². The minimum absolute atomic E-state index is 0.0299. The fourth-order valence-electron chi connectivity index (χ4n) is 1.78. The van der Waals surface area contributed by atoms with E-state index in [-0.39, 0.29) is 12.2 Å². The predicted octanol–water partition coefficient (Wildman–Crippen LogP) is 4.19. The molecular weight excluding hydrogens is 337 g/mol. The number of hydrogen-bond acceptors (Lipinski definition) is 2. The van der Waals surface area contributed by atoms with E-state index in [0.717, 1.165) is 9.15 Å². The predicted molar refractivity (Wildman–Crippen MR) is 71.6 cm³/mol. The van der Waals surface area contributed by atoms with Crippen LogP contribution in [0.1, 0.15) is 18.2 Å². The number of halogens is 4. The zero-order valence-corrected chi connectivity index (χ0v) is 12.2. The van der Waals surface area contributed by atoms with Crippen LogP contribution in [0.2, 0.25) is 0 Å². The number of aromatic nitrogens is 2. The van der Waals surface area contributed by atoms with Crippen LogP contribution >= 0.6 is 15.9 Å². The molecule has 0 fully saturated rings. The Bertz CT molecular complexity index is 578. The summed E-state index contributed by atoms with van der Waals surface area (Å²) in [5, 5.41) is 3.84. The maximum atomic E-state index is 13.2. The summed E-state index contributed by atoms with van der Waals surface area (Å²) >= 11 is 3.24. The van der Waals surface area contributed by atoms with Crippen LogP contribution in [0.15, 0.2) is 34.9 Å². The highest BCUT2D eigenvalue weighted by Crippen LogP contribution is 2.34. The molecule has 0 radical (unpaired) electrons. The van der Waals surface area contributed by atoms with Crippen molar-refractivity contribution < 1.29 is 17.9 Å². The zero-order valence-electron chi connectivity index (χ0n) is 10.6. The quantitative estimate of drug-likeness (QED) is 0.828. The first-order valence-electron chi connectivity index (χ1n) is 5.91. The van der Waals surface area contributed by atoms with Crippen molar-refractivity contribution in [2.24, 2.45) is 0 Å². The van der Waals surface area contributed by atoms with Gasteiger partial charge in [-0.25, -0.2) is 4.68 Å². The molecule has 1 aromatic heterocycles. The summed E-state index contributed by atoms with van der Waals surface area (Å²) in [6.07, 6.45) is -3.30. The van der Waals surface area contributed by atoms with Crippen LogP contribution in [0.5, 0.6) is 0 Å². The Morgan fingerprint density at radius 2 is 1.90 bits per heavy atom. The van der Waals surface area contributed by atoms with Crippen LogP contribution < -0.4 is 0 Å². The van der Waals surface area contributed by atoms with Crippen LogP contribution in [0.4, 0.5) is 13.2 Å². The molecule has 2 aromatic rings. The minimum atomic E-state index is -4.49. The van der Waals surface area contributed by atoms with E-state index in [1.54, 1.807) is 31.2 Å². The van der Waals surface area contributed by atoms with Gasteiger partial charge >= 0.3 is 6.18 Å². The number of hydrogen-bond donors (Lipinski definition) is 0. The van der Waals surface area contributed by atoms with Gasteiger partial charge in [-0.1, -0.05) is 15.9 Å². The molecule has 7 heteroatoms. The molecule has 0 saturated carbocycles. The van der Waals surface area contributed by atoms with Gasteiger partial charge in [0.2, 0.25) is 0 Å². The van der Waals surface area contributed by atoms with E-state index in [2.05, 4.69) is 21.0 Å². The molecule has 0 spiro atoms. The fourth-order valence-corrected chi connectivity index (χ4v) is 2.04. The monoisotopic (exact) mass is 348 g/mol. The molecule has 0 aliphatic carbocycles. The molecule has 0 amide bonds. The summed E-state index contributed by atoms with van der Waals surface area (Å²) in [4.78, 5) is 0. The lowest BCUT2D eigenvalue weighted by Gasteiger charge is -2.12. The number of alkyl halides is 3. The topological polar surface area (TPSA) is 27.1 Å². The first-order chi connectivity index (χ1) is 9.43. The molecule has 0 aliphatic heterocycles. The van der Waals surface area contributed by atoms with Crippen LogP contribution in [0.3, 0.4) is 0 Å². The number of nitrogens with zero attached hydrogens (tertiary/aromatic N) is 2. The summed E-state index contributed by atoms with van der Waals surface area (Å²) in [6.45, 7) is 1.97. The summed E-state index contributed by atoms with van der Waals surface area (Å²) in [5.41, 5.74) is -0.418. The third kappa shape index (κ3) is 3.21. The van der Waals surface area contributed by atoms with Crippen molar-refractivity contribution in [3.63, 3.8) is 0 Å². The van der Waals surface area contributed by atoms with Crippen molar-refractivity contribution in [3.8, 4) is 5.69 Å². The average molecular weight is 349 g/mol. The van der Waals surface area contributed by atoms with Crippen LogP contribution in [-0.4, -0.2) is 16.4 Å². The molecule has 108 valence electrons. The maximum Gasteiger partial charge on any atom is 0.433 e. The van der Waals surface area contributed by atoms with Gasteiger partial charge in [-0.05, 0) is 31.2 Å². The molecule has 0 atom stereocenters. The summed E-state index contributed by atoms with van der Waals surface area (Å²) in [6, 6.07) is 6.46. The smallest absolute Gasteiger partial charge is 0.377 e. The Morgan fingerprint density at radius 1 is 1.25 bits per heavy atom. The van der Waals surface area contributed by atoms with Gasteiger partial charge in [0, 0.05) is 16.6 Å². The van der Waals surface area contributed by atoms with Crippen molar-refractivity contribution in [1.82, 2.24) is 9.78 Å². The molecular formula is C13H12BrF3N2O. The molecule has 0 aliphatic rings. The normalized spacial score (nSPS) is 11.8. The van der Waals surface area contributed by atoms with E-state index < -0.39 is 11.9 Å². The van der Waals surface area contributed by atoms with Crippen molar-refractivity contribution >= 4 is 15.9 Å². The van der Waals surface area contributed by atoms with E-state index in [4.69, 9.17) is 4.74 Å². The SMILES string of the molecule is CCOCc1cnn(-c2ccc(Br)cc2)c1C(F)(F)F. The van der Waals surface area contributed by atoms with Gasteiger partial charge in [0.15, 0.2) is 5.69 Å². The Labute approximate surface area is 122 Å². The first kappa shape index (κ1) is 15.1. The van der Waals surface area contributed by atoms with Gasteiger partial charge in [0.25, 0.3) is 0 Å². The zero-order chi connectivity index (χ0) is 14.8. The average Bonchev–Trinajstić information content (AvgIpc) is 2.81. The van der Waals surface area contributed by atoms with Crippen LogP contribution in [0, 0.1) is 0 Å². The molecule has 3 nitrogen and oxygen atoms in total. The molecule has 0 bridgehead atoms. The lowest BCUT2D eigenvalue weighted by molar-refractivity contribution is -0.144. The Morgan fingerprint density at radius 3 is 2.45 bits per heavy atom. The summed E-state index contributed by atoms with van der Waals surface area (Å²) < 4.78 is 46.4. The van der Waals surface area contributed by atoms with Crippen LogP contribution in [0.25, 0.3) is 5.69 Å². The fraction of sp³-hybridized carbons (Fsp3) is 0.308. The molecule has 1 heterocycles. The summed E-state index contributed by atoms with van der Waals surface area (Å²) in [5.74, 6) is 0. The highest BCUT2D eigenvalue weighted by molar-refractivity contribution is 9.10. The third-order valence-corrected chi connectivity index (χ3v) is 3.18. The van der Waals surface area contributed by atoms with E-state index in [1.165, 1.54) is 6.20 Å². The standard InChI is InChI=1S/C13H12BrF3N2O/c1-2-20-8-9-7-18-19(12(9)13(15,16)17)11-5-3-10(14)4-6-11/h3-7H,2,8H2,1H3. The highest BCUT2D eigenvalue weighted by atomic mass is 79.9. The first-order valence-corrected chi connectivity index (χ1v) is 6.70. The second-order valence-electron chi connectivity index (χ2n) is 4.04. The van der Waals surface area contributed by atoms with Crippen molar-refractivity contribution in [2.45, 2.75) is 19.7 Å². The second kappa shape index (κ2) is 5.97. The molecule has 0 unspecified atom stereocenters. The van der Waals surface area contributed by atoms with E-state index in [0.29, 0.717) is 12.3 Å². The molecule has 2 rings (SSSR count). The Kier molecular flexibility index (Phi) is 4.49. The van der Waals surface area contributed by atoms with Gasteiger partial charge in [-0.2, -0.15) is 18.3 Å². The van der Waals surface area contributed by atoms with E-state index in [9.17, 15) is 13.2 Å². The highest BCUT2D eigenvalue weighted by Gasteiger charge is 2.38. The molecule has 0 saturated heterocycles. The van der Waals surface area contributed by atoms with Crippen LogP contribution in [-0.2, 0) is 17.5 Å². The Balaban J connectivity index is 2.47. The lowest BCUT2D eigenvalue weighted by atomic mass is 10.2. The van der Waals surface area contributed by atoms with Gasteiger partial charge in [0.05, 0.1) is 18.5 Å². The van der Waals surface area contributed by atoms with Crippen molar-refractivity contribution in [3.05, 3.63) is 46.2 Å². The third-order valence-electron chi connectivity index (χ3n) is 2.65. The molecule has 0 N–H and O–H groups in total. The van der Waals surface area contributed by atoms with Gasteiger partial charge < -0.3 is 4.74 Å². The van der Waals surface area contributed by atoms with E-state index >= 15 is 0 Å². The molecule has 1 aromatic carbocycles. The van der Waals surface area contributed by atoms with Gasteiger partial charge in [-0.3, -0.25) is 0 Å². The largest absolute Gasteiger partial charge is 0.433 e. The number of benzene rings is 1. The maximum absolute atomic E-state index is 13.2. The van der Waals surface area contributed by atoms with Crippen molar-refractivity contribution in [1.29, 1.82) is 0 Å². The van der Waals surface area contributed by atoms with Crippen molar-refractivity contribution in [2.75, 3.05) is 6.61 Å². The lowest BCUT2D eigenvalue weighted by Crippen LogP contribution is -2.16. The van der Waals surface area contributed by atoms with E-state index in [1.807, 2.05) is 0 Å². The number of ether oxygens (including phenoxy) is 1. The summed E-state index contributed by atoms with van der Waals surface area (Å²) in [7, 11) is 0. The van der Waals surface area contributed by atoms with Gasteiger partial charge in [0.1, 0.15) is 0 Å². The minimum Gasteiger partial charge on any atom is -0.377 e. The second-order valence-corrected chi connectivity index (χ2v) is 4.96. The molecule has 20 heavy (non-hydrogen) atoms. The Hall–Kier alpha value is -1.34.